The highest BCUT2D eigenvalue weighted by molar-refractivity contribution is 8.44. The minimum absolute atomic E-state index is 0.00328. The number of aryl methyl sites for hydroxylation is 3. The summed E-state index contributed by atoms with van der Waals surface area (Å²) in [5.41, 5.74) is 12.2. The molecule has 16 N–H and O–H groups in total. The predicted octanol–water partition coefficient (Wildman–Crippen LogP) is -1.67. The Morgan fingerprint density at radius 3 is 1.18 bits per heavy atom. The van der Waals surface area contributed by atoms with Gasteiger partial charge in [0.25, 0.3) is 22.2 Å². The first-order chi connectivity index (χ1) is 69.3. The number of methoxy groups -OCH3 is 4. The maximum absolute atomic E-state index is 15.5. The van der Waals surface area contributed by atoms with Crippen LogP contribution in [-0.4, -0.2) is 342 Å². The van der Waals surface area contributed by atoms with E-state index in [-0.39, 0.29) is 120 Å². The molecule has 0 amide bonds. The molecular weight excluding hydrogens is 2160 g/mol. The van der Waals surface area contributed by atoms with Crippen molar-refractivity contribution in [2.45, 2.75) is 169 Å². The second kappa shape index (κ2) is 47.9. The summed E-state index contributed by atoms with van der Waals surface area (Å²) < 4.78 is 208. The number of imidazole rings is 3. The number of nitrogens with one attached hydrogen (secondary N) is 4. The number of aromatic nitrogens is 18. The van der Waals surface area contributed by atoms with Gasteiger partial charge in [0.2, 0.25) is 5.95 Å². The van der Waals surface area contributed by atoms with Crippen LogP contribution in [0.1, 0.15) is 66.9 Å². The SMILES string of the molecule is COCCO[C@H]1C(OP(=O)(O)OC[C@H]2OC(n3cnc4c(N)ncnc43)[C@@H](OCCOC)C2OP(=O)(O)OC[C@H]2OC(n3cnc4c(N)ncnc43)[C@@H](OCCOC)C2OP(O)(=S)OC[C@H]2O[C@@H](n3cc(C)c(=O)[nH]c3=O)CC2OP(=O)(S)OC[C@H]2O[C@@H](n3cnc4c(=O)[nH]c(N)nc43)CC2OP(O)(=S)OC)[C@@H](COP(O)(=S)OC2[C@H](OCCOC)C(n3cc(C)c(=O)[nH]c3=O)O[C@@H]2CO)OC1n1cc(C)c(=O)[nH]c1=O. The van der Waals surface area contributed by atoms with Gasteiger partial charge in [-0.05, 0) is 56.2 Å². The molecule has 0 saturated carbocycles. The number of nitrogen functional groups attached to an aromatic ring is 3. The molecule has 0 spiro atoms. The average molecular weight is 2260 g/mol. The zero-order valence-corrected chi connectivity index (χ0v) is 86.6. The van der Waals surface area contributed by atoms with Crippen molar-refractivity contribution < 1.29 is 164 Å². The highest BCUT2D eigenvalue weighted by Crippen LogP contribution is 2.60. The van der Waals surface area contributed by atoms with E-state index < -0.39 is 270 Å². The Hall–Kier alpha value is -7.40. The molecule has 15 rings (SSSR count). The van der Waals surface area contributed by atoms with Crippen LogP contribution >= 0.6 is 54.8 Å². The molecule has 73 heteroatoms. The molecule has 0 aromatic carbocycles. The summed E-state index contributed by atoms with van der Waals surface area (Å²) in [7, 11) is -5.39. The van der Waals surface area contributed by atoms with Crippen LogP contribution in [0.15, 0.2) is 83.8 Å². The third kappa shape index (κ3) is 26.4. The summed E-state index contributed by atoms with van der Waals surface area (Å²) in [5, 5.41) is 10.7. The molecule has 6 saturated heterocycles. The first-order valence-electron chi connectivity index (χ1n) is 43.7. The van der Waals surface area contributed by atoms with Crippen molar-refractivity contribution in [2.24, 2.45) is 0 Å². The predicted molar refractivity (Wildman–Crippen MR) is 508 cm³/mol. The molecule has 9 aromatic heterocycles. The van der Waals surface area contributed by atoms with E-state index in [1.165, 1.54) is 81.9 Å². The number of aliphatic hydroxyl groups is 1. The molecule has 806 valence electrons. The highest BCUT2D eigenvalue weighted by atomic mass is 32.7. The van der Waals surface area contributed by atoms with Crippen LogP contribution in [0.25, 0.3) is 33.5 Å². The van der Waals surface area contributed by atoms with Gasteiger partial charge in [-0.1, -0.05) is 12.2 Å². The Labute approximate surface area is 841 Å². The van der Waals surface area contributed by atoms with Crippen LogP contribution in [-0.2, 0) is 170 Å². The van der Waals surface area contributed by atoms with E-state index in [9.17, 15) is 67.7 Å². The fourth-order valence-electron chi connectivity index (χ4n) is 16.4. The average Bonchev–Trinajstić information content (AvgIpc) is 1.60. The fraction of sp³-hybridized carbons (Fsp3) is 0.630. The van der Waals surface area contributed by atoms with Crippen molar-refractivity contribution in [3.05, 3.63) is 140 Å². The van der Waals surface area contributed by atoms with Crippen molar-refractivity contribution in [3.8, 4) is 0 Å². The van der Waals surface area contributed by atoms with E-state index in [4.69, 9.17) is 173 Å². The first-order valence-corrected chi connectivity index (χ1v) is 57.2. The van der Waals surface area contributed by atoms with Crippen molar-refractivity contribution in [1.29, 1.82) is 0 Å². The number of aliphatic hydroxyl groups excluding tert-OH is 1. The second-order valence-corrected chi connectivity index (χ2v) is 47.1. The lowest BCUT2D eigenvalue weighted by Crippen LogP contribution is -2.42. The summed E-state index contributed by atoms with van der Waals surface area (Å²) >= 11 is 20.9. The molecule has 0 aliphatic carbocycles. The molecule has 6 aliphatic rings. The summed E-state index contributed by atoms with van der Waals surface area (Å²) in [5.74, 6) is -0.526. The van der Waals surface area contributed by atoms with Crippen LogP contribution in [0.5, 0.6) is 0 Å². The molecule has 15 heterocycles. The first kappa shape index (κ1) is 113. The lowest BCUT2D eigenvalue weighted by molar-refractivity contribution is -0.0841. The zero-order valence-electron chi connectivity index (χ0n) is 77.9. The number of anilines is 3. The monoisotopic (exact) mass is 2260 g/mol. The van der Waals surface area contributed by atoms with E-state index in [0.29, 0.717) is 0 Å². The number of phosphoric ester groups is 2. The van der Waals surface area contributed by atoms with E-state index in [2.05, 4.69) is 72.1 Å². The zero-order chi connectivity index (χ0) is 105. The van der Waals surface area contributed by atoms with Crippen LogP contribution < -0.4 is 56.5 Å². The Morgan fingerprint density at radius 2 is 0.753 bits per heavy atom. The number of hydrogen-bond donors (Lipinski definition) is 14. The summed E-state index contributed by atoms with van der Waals surface area (Å²) in [6.45, 7) is -22.4. The number of thiol groups is 1. The lowest BCUT2D eigenvalue weighted by atomic mass is 10.1. The Kier molecular flexibility index (Phi) is 36.9. The Bertz CT molecular complexity index is 6910. The van der Waals surface area contributed by atoms with Crippen LogP contribution in [0, 0.1) is 20.8 Å². The lowest BCUT2D eigenvalue weighted by Gasteiger charge is -2.30. The molecule has 0 radical (unpaired) electrons. The van der Waals surface area contributed by atoms with Crippen molar-refractivity contribution >= 4 is 141 Å². The van der Waals surface area contributed by atoms with Crippen LogP contribution in [0.2, 0.25) is 0 Å². The maximum atomic E-state index is 15.5. The summed E-state index contributed by atoms with van der Waals surface area (Å²) in [6.07, 6.45) is -27.3. The molecule has 6 aliphatic heterocycles. The second-order valence-electron chi connectivity index (χ2n) is 32.9. The van der Waals surface area contributed by atoms with Gasteiger partial charge in [0.05, 0.1) is 118 Å². The molecule has 9 aromatic rings. The standard InChI is InChI=1S/C73H103N21O42P6S4/c1-33-19-89(71(100)86-62(33)96)44-17-37(132-140(108,144)122-23-39-36(131-139(107,143)115-8)18-45(126-39)92-30-83-48-61(92)84-70(76)85-65(48)99)40(125-44)24-123-141(109,145)136-52-42(130-69(56(52)119-16-12-114-7)94-32-82-47-58(75)78-29-80-60(47)94)26-121-138(105,106)133-50-41(129-68(55(50)118-15-11-113-6)93-31-81-46-57(74)77-28-79-59(46)93)25-120-137(103,104)134-51-43(128-67(54(51)117-14-10-112-5)91-21-35(3)64(98)88-73(91)102)27-124-142(110,146)135-49-38(22-95)127-66(53(49)116-13-9-111-4)90-20-34(2)63(97)87-72(90)101/h19-21,28-32,36-45,49-56,66-69,95H,9-18,22-27H2,1-8H3,(H,103,104)(H,105,106)(H,107,143)(H,108,144)(H,109,145)(H,110,146)(H2,74,77,79)(H2,75,78,80)(H,86,96,100)(H,87,97,101)(H,88,98,102)(H3,76,84,85,99)/t36?,37?,38-,39-,40-,41-,42-,43-,44-,45-,49?,50?,51?,52?,53+,54+,55+,56+,66?,67?,68?,69?,139?,140?,141?,142?/m1/s1. The molecule has 0 bridgehead atoms. The third-order valence-corrected chi connectivity index (χ3v) is 31.7. The van der Waals surface area contributed by atoms with E-state index in [0.717, 1.165) is 52.1 Å². The van der Waals surface area contributed by atoms with Crippen molar-refractivity contribution in [1.82, 2.24) is 87.2 Å². The molecule has 6 fully saturated rings. The number of aromatic amines is 4. The van der Waals surface area contributed by atoms with Gasteiger partial charge in [0, 0.05) is 83.7 Å². The quantitative estimate of drug-likeness (QED) is 0.0115. The van der Waals surface area contributed by atoms with E-state index in [1.54, 1.807) is 0 Å². The fourth-order valence-corrected chi connectivity index (χ4v) is 23.7. The number of phosphoric acid groups is 2. The van der Waals surface area contributed by atoms with E-state index >= 15 is 9.13 Å². The number of fused-ring (bicyclic) bond motifs is 3. The smallest absolute Gasteiger partial charge is 0.394 e. The van der Waals surface area contributed by atoms with Gasteiger partial charge in [-0.2, -0.15) is 4.98 Å². The van der Waals surface area contributed by atoms with Gasteiger partial charge in [0.1, 0.15) is 128 Å². The normalized spacial score (nSPS) is 29.0. The van der Waals surface area contributed by atoms with Gasteiger partial charge in [-0.25, -0.2) is 63.0 Å². The number of nitrogens with zero attached hydrogens (tertiary/aromatic N) is 14. The Morgan fingerprint density at radius 1 is 0.397 bits per heavy atom. The van der Waals surface area contributed by atoms with E-state index in [1.807, 2.05) is 0 Å². The molecule has 16 unspecified atom stereocenters. The van der Waals surface area contributed by atoms with Gasteiger partial charge in [-0.15, -0.1) is 0 Å². The van der Waals surface area contributed by atoms with Crippen LogP contribution in [0.3, 0.4) is 0 Å². The van der Waals surface area contributed by atoms with Crippen molar-refractivity contribution in [2.75, 3.05) is 145 Å². The van der Waals surface area contributed by atoms with Gasteiger partial charge >= 0.3 is 59.7 Å². The number of ether oxygens (including phenoxy) is 14. The molecule has 63 nitrogen and oxygen atoms in total. The van der Waals surface area contributed by atoms with Crippen LogP contribution in [0.4, 0.5) is 17.6 Å². The third-order valence-electron chi connectivity index (χ3n) is 23.3. The largest absolute Gasteiger partial charge is 0.472 e. The van der Waals surface area contributed by atoms with Gasteiger partial charge < -0.3 is 131 Å². The summed E-state index contributed by atoms with van der Waals surface area (Å²) in [4.78, 5) is 195. The summed E-state index contributed by atoms with van der Waals surface area (Å²) in [6, 6.07) is 0. The number of H-pyrrole nitrogens is 4. The minimum atomic E-state index is -5.90. The maximum Gasteiger partial charge on any atom is 0.472 e. The molecular formula is C73H103N21O42P6S4. The Balaban J connectivity index is 0.713. The van der Waals surface area contributed by atoms with Gasteiger partial charge in [0.15, 0.2) is 59.0 Å². The van der Waals surface area contributed by atoms with Gasteiger partial charge in [-0.3, -0.25) is 103 Å². The number of hydrogen-bond acceptors (Lipinski definition) is 51. The minimum Gasteiger partial charge on any atom is -0.394 e. The molecule has 146 heavy (non-hydrogen) atoms. The highest BCUT2D eigenvalue weighted by Gasteiger charge is 2.58. The van der Waals surface area contributed by atoms with Crippen molar-refractivity contribution in [3.63, 3.8) is 0 Å². The number of nitrogens with two attached hydrogens (primary N) is 3. The molecule has 28 atom stereocenters. The number of rotatable bonds is 51. The topological polar surface area (TPSA) is 806 Å².